The molecule has 0 fully saturated rings. The number of para-hydroxylation sites is 2. The Morgan fingerprint density at radius 2 is 1.18 bits per heavy atom. The number of anilines is 5. The summed E-state index contributed by atoms with van der Waals surface area (Å²) in [5.74, 6) is 1.46. The lowest BCUT2D eigenvalue weighted by molar-refractivity contribution is 0.998. The van der Waals surface area contributed by atoms with Crippen molar-refractivity contribution >= 4 is 57.7 Å². The molecule has 0 spiro atoms. The predicted octanol–water partition coefficient (Wildman–Crippen LogP) is 14.0. The summed E-state index contributed by atoms with van der Waals surface area (Å²) in [6.07, 6.45) is 7.55. The summed E-state index contributed by atoms with van der Waals surface area (Å²) in [6, 6.07) is 62.5. The van der Waals surface area contributed by atoms with Gasteiger partial charge in [-0.2, -0.15) is 0 Å². The highest BCUT2D eigenvalue weighted by atomic mass is 15.2. The predicted molar refractivity (Wildman–Crippen MR) is 251 cm³/mol. The lowest BCUT2D eigenvalue weighted by Gasteiger charge is -2.27. The Balaban J connectivity index is 1.13. The van der Waals surface area contributed by atoms with Gasteiger partial charge in [0.25, 0.3) is 0 Å². The van der Waals surface area contributed by atoms with Crippen molar-refractivity contribution in [3.8, 4) is 39.5 Å². The van der Waals surface area contributed by atoms with Crippen LogP contribution >= 0.6 is 0 Å². The highest BCUT2D eigenvalue weighted by Gasteiger charge is 2.27. The van der Waals surface area contributed by atoms with Crippen LogP contribution in [0.4, 0.5) is 28.6 Å². The third-order valence-electron chi connectivity index (χ3n) is 12.0. The van der Waals surface area contributed by atoms with Crippen molar-refractivity contribution in [2.45, 2.75) is 13.3 Å². The van der Waals surface area contributed by atoms with Gasteiger partial charge in [0, 0.05) is 63.0 Å². The van der Waals surface area contributed by atoms with Crippen molar-refractivity contribution in [1.82, 2.24) is 14.5 Å². The quantitative estimate of drug-likeness (QED) is 0.162. The van der Waals surface area contributed by atoms with Crippen LogP contribution in [0.5, 0.6) is 0 Å². The third kappa shape index (κ3) is 6.02. The third-order valence-corrected chi connectivity index (χ3v) is 12.0. The highest BCUT2D eigenvalue weighted by Crippen LogP contribution is 2.47. The van der Waals surface area contributed by atoms with Crippen molar-refractivity contribution in [1.29, 1.82) is 0 Å². The SMILES string of the molecule is C=Cc1c(C)n(-c2ccccc2)c2cc3c(cc12)N(c1cc(-c2ccccc2)nc(-c2ccccc2)n1)c1ccc(-c2ccc4c(c2)N(c2ccccc2)CC4)cc1C=C3. The molecule has 0 radical (unpaired) electrons. The molecular formula is C55H41N5. The largest absolute Gasteiger partial charge is 0.341 e. The Labute approximate surface area is 350 Å². The molecule has 0 atom stereocenters. The summed E-state index contributed by atoms with van der Waals surface area (Å²) in [5.41, 5.74) is 17.8. The molecule has 0 bridgehead atoms. The minimum absolute atomic E-state index is 0.670. The molecule has 2 aliphatic rings. The molecular weight excluding hydrogens is 731 g/mol. The van der Waals surface area contributed by atoms with Gasteiger partial charge >= 0.3 is 0 Å². The first-order valence-electron chi connectivity index (χ1n) is 20.6. The number of hydrogen-bond donors (Lipinski definition) is 0. The molecule has 0 aliphatic carbocycles. The van der Waals surface area contributed by atoms with Crippen molar-refractivity contribution in [3.05, 3.63) is 210 Å². The van der Waals surface area contributed by atoms with Crippen molar-refractivity contribution in [3.63, 3.8) is 0 Å². The maximum Gasteiger partial charge on any atom is 0.162 e. The molecule has 286 valence electrons. The molecule has 7 aromatic carbocycles. The van der Waals surface area contributed by atoms with Crippen LogP contribution in [0.2, 0.25) is 0 Å². The molecule has 60 heavy (non-hydrogen) atoms. The Hall–Kier alpha value is -7.76. The van der Waals surface area contributed by atoms with E-state index in [4.69, 9.17) is 9.97 Å². The molecule has 5 heteroatoms. The van der Waals surface area contributed by atoms with E-state index in [0.717, 1.165) is 91.5 Å². The van der Waals surface area contributed by atoms with E-state index >= 15 is 0 Å². The molecule has 0 unspecified atom stereocenters. The Morgan fingerprint density at radius 1 is 0.550 bits per heavy atom. The fourth-order valence-corrected chi connectivity index (χ4v) is 9.07. The Bertz CT molecular complexity index is 3050. The van der Waals surface area contributed by atoms with E-state index in [9.17, 15) is 0 Å². The molecule has 9 aromatic rings. The van der Waals surface area contributed by atoms with Crippen LogP contribution < -0.4 is 9.80 Å². The van der Waals surface area contributed by atoms with Gasteiger partial charge in [-0.15, -0.1) is 0 Å². The number of aromatic nitrogens is 3. The second kappa shape index (κ2) is 14.6. The summed E-state index contributed by atoms with van der Waals surface area (Å²) >= 11 is 0. The van der Waals surface area contributed by atoms with Gasteiger partial charge in [0.1, 0.15) is 5.82 Å². The van der Waals surface area contributed by atoms with Crippen LogP contribution in [0.25, 0.3) is 68.6 Å². The van der Waals surface area contributed by atoms with E-state index < -0.39 is 0 Å². The van der Waals surface area contributed by atoms with Crippen LogP contribution in [0.1, 0.15) is 27.9 Å². The summed E-state index contributed by atoms with van der Waals surface area (Å²) in [5, 5.41) is 1.13. The summed E-state index contributed by atoms with van der Waals surface area (Å²) in [4.78, 5) is 15.3. The average Bonchev–Trinajstić information content (AvgIpc) is 3.81. The van der Waals surface area contributed by atoms with Gasteiger partial charge in [-0.3, -0.25) is 4.90 Å². The molecule has 0 N–H and O–H groups in total. The maximum absolute atomic E-state index is 5.40. The molecule has 0 amide bonds. The molecule has 11 rings (SSSR count). The monoisotopic (exact) mass is 771 g/mol. The summed E-state index contributed by atoms with van der Waals surface area (Å²) in [6.45, 7) is 7.46. The second-order valence-corrected chi connectivity index (χ2v) is 15.5. The van der Waals surface area contributed by atoms with E-state index in [0.29, 0.717) is 5.82 Å². The lowest BCUT2D eigenvalue weighted by atomic mass is 9.99. The first-order chi connectivity index (χ1) is 29.6. The number of nitrogens with zero attached hydrogens (tertiary/aromatic N) is 5. The molecule has 2 aliphatic heterocycles. The van der Waals surface area contributed by atoms with Crippen LogP contribution in [-0.2, 0) is 6.42 Å². The van der Waals surface area contributed by atoms with Gasteiger partial charge in [0.2, 0.25) is 0 Å². The van der Waals surface area contributed by atoms with Gasteiger partial charge in [-0.25, -0.2) is 9.97 Å². The molecule has 2 aromatic heterocycles. The zero-order valence-corrected chi connectivity index (χ0v) is 33.3. The number of fused-ring (bicyclic) bond motifs is 4. The Morgan fingerprint density at radius 3 is 1.90 bits per heavy atom. The first kappa shape index (κ1) is 35.4. The maximum atomic E-state index is 5.40. The van der Waals surface area contributed by atoms with Crippen molar-refractivity contribution in [2.75, 3.05) is 16.3 Å². The van der Waals surface area contributed by atoms with Gasteiger partial charge in [0.05, 0.1) is 22.6 Å². The summed E-state index contributed by atoms with van der Waals surface area (Å²) < 4.78 is 2.35. The number of benzene rings is 7. The zero-order valence-electron chi connectivity index (χ0n) is 33.3. The highest BCUT2D eigenvalue weighted by molar-refractivity contribution is 6.02. The van der Waals surface area contributed by atoms with Crippen LogP contribution in [0.3, 0.4) is 0 Å². The number of rotatable bonds is 7. The second-order valence-electron chi connectivity index (χ2n) is 15.5. The van der Waals surface area contributed by atoms with E-state index in [2.05, 4.69) is 192 Å². The van der Waals surface area contributed by atoms with Crippen LogP contribution in [-0.4, -0.2) is 21.1 Å². The normalized spacial score (nSPS) is 12.9. The smallest absolute Gasteiger partial charge is 0.162 e. The topological polar surface area (TPSA) is 37.2 Å². The molecule has 0 saturated heterocycles. The van der Waals surface area contributed by atoms with E-state index in [1.165, 1.54) is 22.5 Å². The fraction of sp³-hybridized carbons (Fsp3) is 0.0545. The standard InChI is InChI=1S/C55H41N5/c1-3-47-37(2)59(46-22-14-7-15-23-46)53-34-44-27-26-43-32-41(42-25-24-39-30-31-58(51(39)33-42)45-20-12-6-13-21-45)28-29-50(43)60(52(44)35-48(47)53)54-36-49(38-16-8-4-9-17-38)56-55(57-54)40-18-10-5-11-19-40/h3-29,32-36H,1,30-31H2,2H3. The first-order valence-corrected chi connectivity index (χ1v) is 20.6. The van der Waals surface area contributed by atoms with Crippen molar-refractivity contribution in [2.24, 2.45) is 0 Å². The van der Waals surface area contributed by atoms with E-state index in [1.54, 1.807) is 0 Å². The molecule has 0 saturated carbocycles. The van der Waals surface area contributed by atoms with E-state index in [1.807, 2.05) is 30.3 Å². The van der Waals surface area contributed by atoms with Gasteiger partial charge in [0.15, 0.2) is 5.82 Å². The van der Waals surface area contributed by atoms with Crippen molar-refractivity contribution < 1.29 is 0 Å². The van der Waals surface area contributed by atoms with Crippen LogP contribution in [0.15, 0.2) is 183 Å². The summed E-state index contributed by atoms with van der Waals surface area (Å²) in [7, 11) is 0. The van der Waals surface area contributed by atoms with Gasteiger partial charge < -0.3 is 9.47 Å². The lowest BCUT2D eigenvalue weighted by Crippen LogP contribution is -2.15. The zero-order chi connectivity index (χ0) is 40.2. The molecule has 4 heterocycles. The van der Waals surface area contributed by atoms with Gasteiger partial charge in [-0.1, -0.05) is 140 Å². The fourth-order valence-electron chi connectivity index (χ4n) is 9.07. The Kier molecular flexibility index (Phi) is 8.59. The minimum atomic E-state index is 0.670. The molecule has 5 nitrogen and oxygen atoms in total. The minimum Gasteiger partial charge on any atom is -0.341 e. The van der Waals surface area contributed by atoms with E-state index in [-0.39, 0.29) is 0 Å². The number of hydrogen-bond acceptors (Lipinski definition) is 4. The van der Waals surface area contributed by atoms with Crippen LogP contribution in [0, 0.1) is 6.92 Å². The van der Waals surface area contributed by atoms with Gasteiger partial charge in [-0.05, 0) is 90.2 Å². The average molecular weight is 772 g/mol.